The summed E-state index contributed by atoms with van der Waals surface area (Å²) in [5.41, 5.74) is 0.646. The summed E-state index contributed by atoms with van der Waals surface area (Å²) in [7, 11) is -4.75. The number of aliphatic hydroxyl groups is 1. The third-order valence-electron chi connectivity index (χ3n) is 2.28. The van der Waals surface area contributed by atoms with Gasteiger partial charge in [0.25, 0.3) is 5.69 Å². The van der Waals surface area contributed by atoms with Crippen LogP contribution in [0.5, 0.6) is 5.75 Å². The number of rotatable bonds is 9. The fraction of sp³-hybridized carbons (Fsp3) is 0.333. The normalized spacial score (nSPS) is 12.7. The van der Waals surface area contributed by atoms with Crippen LogP contribution in [0.2, 0.25) is 0 Å². The number of nitrogens with zero attached hydrogens (tertiary/aromatic N) is 2. The minimum absolute atomic E-state index is 0.310. The topological polar surface area (TPSA) is 195 Å². The van der Waals surface area contributed by atoms with Crippen LogP contribution in [0, 0.1) is 20.2 Å². The number of benzene rings is 1. The maximum atomic E-state index is 10.8. The highest BCUT2D eigenvalue weighted by Crippen LogP contribution is 2.34. The fourth-order valence-electron chi connectivity index (χ4n) is 1.35. The summed E-state index contributed by atoms with van der Waals surface area (Å²) >= 11 is 0. The van der Waals surface area contributed by atoms with Gasteiger partial charge < -0.3 is 19.6 Å². The molecule has 0 bridgehead atoms. The molecule has 1 aromatic rings. The lowest BCUT2D eigenvalue weighted by Crippen LogP contribution is -2.31. The van der Waals surface area contributed by atoms with E-state index in [-0.39, 0.29) is 5.75 Å². The van der Waals surface area contributed by atoms with Crippen molar-refractivity contribution in [2.45, 2.75) is 6.10 Å². The van der Waals surface area contributed by atoms with Gasteiger partial charge in [-0.15, -0.1) is 0 Å². The van der Waals surface area contributed by atoms with Crippen LogP contribution >= 0.6 is 7.82 Å². The minimum atomic E-state index is -4.75. The molecule has 0 aromatic heterocycles. The van der Waals surface area contributed by atoms with Crippen molar-refractivity contribution in [3.05, 3.63) is 38.4 Å². The van der Waals surface area contributed by atoms with Crippen LogP contribution in [0.15, 0.2) is 18.2 Å². The van der Waals surface area contributed by atoms with Crippen LogP contribution < -0.4 is 10.2 Å². The van der Waals surface area contributed by atoms with Gasteiger partial charge in [-0.3, -0.25) is 20.2 Å². The molecule has 1 aromatic carbocycles. The molecule has 0 radical (unpaired) electrons. The van der Waals surface area contributed by atoms with Gasteiger partial charge >= 0.3 is 13.5 Å². The quantitative estimate of drug-likeness (QED) is 0.262. The average molecular weight is 353 g/mol. The molecule has 13 nitrogen and oxygen atoms in total. The van der Waals surface area contributed by atoms with E-state index in [1.54, 1.807) is 5.48 Å². The summed E-state index contributed by atoms with van der Waals surface area (Å²) in [5.74, 6) is -0.310. The van der Waals surface area contributed by atoms with Gasteiger partial charge in [0.1, 0.15) is 12.7 Å². The van der Waals surface area contributed by atoms with Crippen LogP contribution in [0.25, 0.3) is 0 Å². The van der Waals surface area contributed by atoms with Crippen molar-refractivity contribution >= 4 is 19.2 Å². The molecule has 0 saturated carbocycles. The zero-order valence-corrected chi connectivity index (χ0v) is 12.2. The summed E-state index contributed by atoms with van der Waals surface area (Å²) in [6, 6.07) is 2.70. The van der Waals surface area contributed by atoms with Crippen molar-refractivity contribution in [3.8, 4) is 5.75 Å². The van der Waals surface area contributed by atoms with Gasteiger partial charge in [-0.25, -0.2) is 4.57 Å². The molecule has 0 heterocycles. The number of non-ortho nitro benzene ring substituents is 1. The average Bonchev–Trinajstić information content (AvgIpc) is 2.43. The first-order valence-corrected chi connectivity index (χ1v) is 7.34. The van der Waals surface area contributed by atoms with Crippen LogP contribution in [0.3, 0.4) is 0 Å². The molecule has 0 amide bonds. The van der Waals surface area contributed by atoms with Crippen molar-refractivity contribution in [1.82, 2.24) is 5.48 Å². The predicted octanol–water partition coefficient (Wildman–Crippen LogP) is -0.143. The van der Waals surface area contributed by atoms with Gasteiger partial charge in [-0.05, 0) is 6.07 Å². The van der Waals surface area contributed by atoms with Crippen LogP contribution in [-0.4, -0.2) is 44.0 Å². The Bertz CT molecular complexity index is 632. The molecule has 1 unspecified atom stereocenters. The molecule has 128 valence electrons. The highest BCUT2D eigenvalue weighted by molar-refractivity contribution is 7.46. The number of nitro benzene ring substituents is 2. The van der Waals surface area contributed by atoms with E-state index < -0.39 is 48.3 Å². The zero-order chi connectivity index (χ0) is 17.6. The van der Waals surface area contributed by atoms with E-state index in [1.807, 2.05) is 0 Å². The molecule has 14 heteroatoms. The molecule has 1 rings (SSSR count). The third kappa shape index (κ3) is 6.65. The Balaban J connectivity index is 2.65. The SMILES string of the molecule is O=[N+]([O-])c1ccc(OCC(O)CNOP(=O)(O)O)c([N+](=O)[O-])c1. The number of phosphoric acid groups is 1. The standard InChI is InChI=1S/C9H12N3O10P/c13-7(4-10-22-23(18,19)20)5-21-9-2-1-6(11(14)15)3-8(9)12(16)17/h1-3,7,10,13H,4-5H2,(H2,18,19,20). The smallest absolute Gasteiger partial charge is 0.484 e. The lowest BCUT2D eigenvalue weighted by Gasteiger charge is -2.13. The lowest BCUT2D eigenvalue weighted by molar-refractivity contribution is -0.394. The summed E-state index contributed by atoms with van der Waals surface area (Å²) < 4.78 is 19.2. The zero-order valence-electron chi connectivity index (χ0n) is 11.3. The fourth-order valence-corrected chi connectivity index (χ4v) is 1.59. The highest BCUT2D eigenvalue weighted by Gasteiger charge is 2.21. The van der Waals surface area contributed by atoms with Gasteiger partial charge in [0, 0.05) is 6.07 Å². The van der Waals surface area contributed by atoms with Gasteiger partial charge in [-0.2, -0.15) is 10.1 Å². The Morgan fingerprint density at radius 1 is 1.26 bits per heavy atom. The molecule has 0 spiro atoms. The van der Waals surface area contributed by atoms with Crippen molar-refractivity contribution in [2.75, 3.05) is 13.2 Å². The van der Waals surface area contributed by atoms with E-state index in [0.29, 0.717) is 6.07 Å². The Hall–Kier alpha value is -2.15. The van der Waals surface area contributed by atoms with Gasteiger partial charge in [0.2, 0.25) is 0 Å². The first-order valence-electron chi connectivity index (χ1n) is 5.81. The Kier molecular flexibility index (Phi) is 6.50. The monoisotopic (exact) mass is 353 g/mol. The number of hydroxylamine groups is 1. The number of ether oxygens (including phenoxy) is 1. The molecule has 0 saturated heterocycles. The minimum Gasteiger partial charge on any atom is -0.484 e. The van der Waals surface area contributed by atoms with Crippen molar-refractivity contribution < 1.29 is 38.7 Å². The van der Waals surface area contributed by atoms with Gasteiger partial charge in [-0.1, -0.05) is 0 Å². The number of hydrogen-bond acceptors (Lipinski definition) is 9. The number of hydrogen-bond donors (Lipinski definition) is 4. The molecule has 0 aliphatic heterocycles. The molecular formula is C9H12N3O10P. The molecular weight excluding hydrogens is 341 g/mol. The molecule has 0 aliphatic rings. The van der Waals surface area contributed by atoms with Crippen LogP contribution in [0.1, 0.15) is 0 Å². The van der Waals surface area contributed by atoms with E-state index >= 15 is 0 Å². The predicted molar refractivity (Wildman–Crippen MR) is 72.4 cm³/mol. The summed E-state index contributed by atoms with van der Waals surface area (Å²) in [6.45, 7) is -0.929. The summed E-state index contributed by atoms with van der Waals surface area (Å²) in [6.07, 6.45) is -1.32. The molecule has 23 heavy (non-hydrogen) atoms. The number of nitrogens with one attached hydrogen (secondary N) is 1. The number of nitro groups is 2. The maximum absolute atomic E-state index is 10.8. The maximum Gasteiger partial charge on any atom is 0.486 e. The second-order valence-corrected chi connectivity index (χ2v) is 5.23. The van der Waals surface area contributed by atoms with E-state index in [4.69, 9.17) is 14.5 Å². The van der Waals surface area contributed by atoms with Crippen molar-refractivity contribution in [2.24, 2.45) is 0 Å². The van der Waals surface area contributed by atoms with Crippen molar-refractivity contribution in [3.63, 3.8) is 0 Å². The molecule has 0 fully saturated rings. The Morgan fingerprint density at radius 3 is 2.43 bits per heavy atom. The van der Waals surface area contributed by atoms with E-state index in [2.05, 4.69) is 4.62 Å². The first-order chi connectivity index (χ1) is 10.6. The largest absolute Gasteiger partial charge is 0.486 e. The summed E-state index contributed by atoms with van der Waals surface area (Å²) in [5, 5.41) is 30.9. The Labute approximate surface area is 127 Å². The van der Waals surface area contributed by atoms with E-state index in [1.165, 1.54) is 0 Å². The molecule has 4 N–H and O–H groups in total. The summed E-state index contributed by atoms with van der Waals surface area (Å²) in [4.78, 5) is 36.5. The van der Waals surface area contributed by atoms with E-state index in [9.17, 15) is 29.9 Å². The second-order valence-electron chi connectivity index (χ2n) is 4.06. The molecule has 1 atom stereocenters. The third-order valence-corrected chi connectivity index (χ3v) is 2.65. The second kappa shape index (κ2) is 7.92. The van der Waals surface area contributed by atoms with Gasteiger partial charge in [0.05, 0.1) is 22.5 Å². The lowest BCUT2D eigenvalue weighted by atomic mass is 10.2. The number of aliphatic hydroxyl groups excluding tert-OH is 1. The first kappa shape index (κ1) is 18.9. The van der Waals surface area contributed by atoms with Crippen LogP contribution in [-0.2, 0) is 9.19 Å². The van der Waals surface area contributed by atoms with Crippen molar-refractivity contribution in [1.29, 1.82) is 0 Å². The van der Waals surface area contributed by atoms with Gasteiger partial charge in [0.15, 0.2) is 5.75 Å². The molecule has 0 aliphatic carbocycles. The van der Waals surface area contributed by atoms with E-state index in [0.717, 1.165) is 12.1 Å². The highest BCUT2D eigenvalue weighted by atomic mass is 31.2. The Morgan fingerprint density at radius 2 is 1.91 bits per heavy atom. The van der Waals surface area contributed by atoms with Crippen LogP contribution in [0.4, 0.5) is 11.4 Å².